The number of hydrogen-bond donors (Lipinski definition) is 1. The second-order valence-electron chi connectivity index (χ2n) is 8.74. The van der Waals surface area contributed by atoms with E-state index in [-0.39, 0.29) is 36.0 Å². The van der Waals surface area contributed by atoms with Crippen LogP contribution in [0, 0.1) is 17.2 Å². The molecule has 0 bridgehead atoms. The molecule has 0 radical (unpaired) electrons. The molecule has 2 aromatic carbocycles. The van der Waals surface area contributed by atoms with E-state index in [1.165, 1.54) is 45.6 Å². The van der Waals surface area contributed by atoms with E-state index in [0.717, 1.165) is 12.1 Å². The second-order valence-corrected chi connectivity index (χ2v) is 10.7. The highest BCUT2D eigenvalue weighted by Gasteiger charge is 2.38. The van der Waals surface area contributed by atoms with Crippen molar-refractivity contribution in [3.05, 3.63) is 65.2 Å². The zero-order valence-electron chi connectivity index (χ0n) is 19.0. The minimum absolute atomic E-state index is 0.00273. The van der Waals surface area contributed by atoms with Crippen LogP contribution < -0.4 is 5.32 Å². The molecule has 1 N–H and O–H groups in total. The first kappa shape index (κ1) is 25.7. The Bertz CT molecular complexity index is 1300. The topological polar surface area (TPSA) is 111 Å². The fraction of sp³-hybridized carbons (Fsp3) is 0.375. The van der Waals surface area contributed by atoms with E-state index in [4.69, 9.17) is 5.26 Å². The highest BCUT2D eigenvalue weighted by molar-refractivity contribution is 7.89. The maximum Gasteiger partial charge on any atom is 0.416 e. The largest absolute Gasteiger partial charge is 0.416 e. The number of rotatable bonds is 6. The van der Waals surface area contributed by atoms with Gasteiger partial charge >= 0.3 is 6.18 Å². The predicted octanol–water partition coefficient (Wildman–Crippen LogP) is 2.77. The van der Waals surface area contributed by atoms with Crippen molar-refractivity contribution in [3.8, 4) is 6.07 Å². The number of nitrogens with one attached hydrogen (secondary N) is 1. The summed E-state index contributed by atoms with van der Waals surface area (Å²) in [5, 5.41) is 11.6. The number of alkyl halides is 3. The molecule has 4 rings (SSSR count). The SMILES string of the molecule is N#CC1CN(S(=O)(=O)c2cccc(C(=O)N3CCC[C@@H]3C(=O)NCc3ccc(C(F)(F)F)cc3)c2)C1. The van der Waals surface area contributed by atoms with E-state index in [9.17, 15) is 31.2 Å². The maximum atomic E-state index is 13.2. The highest BCUT2D eigenvalue weighted by Crippen LogP contribution is 2.29. The second kappa shape index (κ2) is 9.91. The summed E-state index contributed by atoms with van der Waals surface area (Å²) in [5.74, 6) is -1.28. The molecule has 0 saturated carbocycles. The van der Waals surface area contributed by atoms with Gasteiger partial charge in [0, 0.05) is 31.7 Å². The molecule has 190 valence electrons. The Morgan fingerprint density at radius 1 is 1.11 bits per heavy atom. The first-order valence-corrected chi connectivity index (χ1v) is 12.7. The molecule has 0 spiro atoms. The van der Waals surface area contributed by atoms with E-state index in [0.29, 0.717) is 24.9 Å². The number of carbonyl (C=O) groups is 2. The van der Waals surface area contributed by atoms with Crippen LogP contribution in [0.15, 0.2) is 53.4 Å². The van der Waals surface area contributed by atoms with Gasteiger partial charge in [0.05, 0.1) is 22.4 Å². The summed E-state index contributed by atoms with van der Waals surface area (Å²) in [6.07, 6.45) is -3.46. The third-order valence-corrected chi connectivity index (χ3v) is 8.14. The van der Waals surface area contributed by atoms with Crippen molar-refractivity contribution in [2.45, 2.75) is 36.5 Å². The average molecular weight is 521 g/mol. The van der Waals surface area contributed by atoms with Crippen molar-refractivity contribution in [1.29, 1.82) is 5.26 Å². The molecule has 0 unspecified atom stereocenters. The minimum atomic E-state index is -4.45. The normalized spacial score (nSPS) is 18.9. The van der Waals surface area contributed by atoms with Gasteiger partial charge < -0.3 is 10.2 Å². The summed E-state index contributed by atoms with van der Waals surface area (Å²) in [4.78, 5) is 27.3. The Morgan fingerprint density at radius 3 is 2.44 bits per heavy atom. The van der Waals surface area contributed by atoms with Gasteiger partial charge in [-0.25, -0.2) is 8.42 Å². The van der Waals surface area contributed by atoms with Gasteiger partial charge in [-0.2, -0.15) is 22.7 Å². The Morgan fingerprint density at radius 2 is 1.81 bits per heavy atom. The number of hydrogen-bond acceptors (Lipinski definition) is 5. The molecule has 12 heteroatoms. The lowest BCUT2D eigenvalue weighted by molar-refractivity contribution is -0.137. The quantitative estimate of drug-likeness (QED) is 0.630. The summed E-state index contributed by atoms with van der Waals surface area (Å²) in [7, 11) is -3.84. The molecule has 2 aliphatic rings. The van der Waals surface area contributed by atoms with Crippen molar-refractivity contribution in [3.63, 3.8) is 0 Å². The van der Waals surface area contributed by atoms with Crippen molar-refractivity contribution < 1.29 is 31.2 Å². The monoisotopic (exact) mass is 520 g/mol. The molecular formula is C24H23F3N4O4S. The zero-order valence-corrected chi connectivity index (χ0v) is 19.8. The fourth-order valence-corrected chi connectivity index (χ4v) is 5.80. The molecule has 2 fully saturated rings. The third kappa shape index (κ3) is 5.22. The number of likely N-dealkylation sites (tertiary alicyclic amines) is 1. The van der Waals surface area contributed by atoms with Crippen LogP contribution in [0.1, 0.15) is 34.3 Å². The van der Waals surface area contributed by atoms with Crippen LogP contribution in [0.4, 0.5) is 13.2 Å². The van der Waals surface area contributed by atoms with Crippen LogP contribution in [-0.2, 0) is 27.5 Å². The first-order chi connectivity index (χ1) is 17.0. The average Bonchev–Trinajstić information content (AvgIpc) is 3.31. The summed E-state index contributed by atoms with van der Waals surface area (Å²) in [6, 6.07) is 11.3. The van der Waals surface area contributed by atoms with Crippen molar-refractivity contribution >= 4 is 21.8 Å². The van der Waals surface area contributed by atoms with E-state index in [2.05, 4.69) is 5.32 Å². The fourth-order valence-electron chi connectivity index (χ4n) is 4.22. The van der Waals surface area contributed by atoms with Crippen molar-refractivity contribution in [2.75, 3.05) is 19.6 Å². The lowest BCUT2D eigenvalue weighted by Gasteiger charge is -2.34. The number of sulfonamides is 1. The van der Waals surface area contributed by atoms with Crippen LogP contribution in [0.2, 0.25) is 0 Å². The van der Waals surface area contributed by atoms with E-state index >= 15 is 0 Å². The molecule has 1 atom stereocenters. The van der Waals surface area contributed by atoms with Crippen molar-refractivity contribution in [2.24, 2.45) is 5.92 Å². The molecule has 2 aliphatic heterocycles. The van der Waals surface area contributed by atoms with Crippen molar-refractivity contribution in [1.82, 2.24) is 14.5 Å². The number of halogens is 3. The number of nitriles is 1. The zero-order chi connectivity index (χ0) is 26.1. The predicted molar refractivity (Wildman–Crippen MR) is 122 cm³/mol. The summed E-state index contributed by atoms with van der Waals surface area (Å²) in [6.45, 7) is 0.515. The maximum absolute atomic E-state index is 13.2. The Kier molecular flexibility index (Phi) is 7.06. The molecule has 2 aromatic rings. The third-order valence-electron chi connectivity index (χ3n) is 6.31. The van der Waals surface area contributed by atoms with Crippen LogP contribution in [0.25, 0.3) is 0 Å². The van der Waals surface area contributed by atoms with Gasteiger partial charge in [0.15, 0.2) is 0 Å². The number of amides is 2. The van der Waals surface area contributed by atoms with Gasteiger partial charge in [0.2, 0.25) is 15.9 Å². The first-order valence-electron chi connectivity index (χ1n) is 11.3. The standard InChI is InChI=1S/C24H23F3N4O4S/c25-24(26,27)19-8-6-16(7-9-19)13-29-22(32)21-5-2-10-31(21)23(33)18-3-1-4-20(11-18)36(34,35)30-14-17(12-28)15-30/h1,3-4,6-9,11,17,21H,2,5,10,13-15H2,(H,29,32)/t21-/m1/s1. The summed E-state index contributed by atoms with van der Waals surface area (Å²) < 4.78 is 65.0. The molecule has 2 saturated heterocycles. The summed E-state index contributed by atoms with van der Waals surface area (Å²) in [5.41, 5.74) is -0.181. The number of carbonyl (C=O) groups excluding carboxylic acids is 2. The van der Waals surface area contributed by atoms with Gasteiger partial charge in [-0.1, -0.05) is 18.2 Å². The molecule has 0 aliphatic carbocycles. The molecule has 2 amide bonds. The van der Waals surface area contributed by atoms with E-state index in [1.54, 1.807) is 0 Å². The molecule has 0 aromatic heterocycles. The lowest BCUT2D eigenvalue weighted by atomic mass is 10.1. The summed E-state index contributed by atoms with van der Waals surface area (Å²) >= 11 is 0. The van der Waals surface area contributed by atoms with E-state index < -0.39 is 39.6 Å². The number of benzene rings is 2. The number of nitrogens with zero attached hydrogens (tertiary/aromatic N) is 3. The Hall–Kier alpha value is -3.43. The Labute approximate surface area is 206 Å². The van der Waals surface area contributed by atoms with Crippen LogP contribution >= 0.6 is 0 Å². The van der Waals surface area contributed by atoms with Gasteiger partial charge in [-0.15, -0.1) is 0 Å². The highest BCUT2D eigenvalue weighted by atomic mass is 32.2. The van der Waals surface area contributed by atoms with Gasteiger partial charge in [-0.05, 0) is 48.7 Å². The van der Waals surface area contributed by atoms with Crippen LogP contribution in [0.5, 0.6) is 0 Å². The molecule has 36 heavy (non-hydrogen) atoms. The molecular weight excluding hydrogens is 497 g/mol. The Balaban J connectivity index is 1.42. The molecule has 2 heterocycles. The molecule has 8 nitrogen and oxygen atoms in total. The smallest absolute Gasteiger partial charge is 0.350 e. The lowest BCUT2D eigenvalue weighted by Crippen LogP contribution is -2.49. The van der Waals surface area contributed by atoms with E-state index in [1.807, 2.05) is 6.07 Å². The van der Waals surface area contributed by atoms with Gasteiger partial charge in [0.25, 0.3) is 5.91 Å². The van der Waals surface area contributed by atoms with Gasteiger partial charge in [0.1, 0.15) is 6.04 Å². The van der Waals surface area contributed by atoms with Crippen LogP contribution in [0.3, 0.4) is 0 Å². The minimum Gasteiger partial charge on any atom is -0.350 e. The van der Waals surface area contributed by atoms with Crippen LogP contribution in [-0.4, -0.2) is 55.1 Å². The van der Waals surface area contributed by atoms with Gasteiger partial charge in [-0.3, -0.25) is 9.59 Å².